The molecule has 6 nitrogen and oxygen atoms in total. The van der Waals surface area contributed by atoms with Gasteiger partial charge in [0.05, 0.1) is 11.6 Å². The molecule has 0 saturated carbocycles. The maximum absolute atomic E-state index is 11.9. The van der Waals surface area contributed by atoms with Gasteiger partial charge in [0, 0.05) is 0 Å². The lowest BCUT2D eigenvalue weighted by Gasteiger charge is -2.16. The number of carbonyl (C=O) groups excluding carboxylic acids is 1. The molecule has 0 saturated heterocycles. The van der Waals surface area contributed by atoms with E-state index in [1.54, 1.807) is 26.0 Å². The van der Waals surface area contributed by atoms with Crippen LogP contribution in [0.1, 0.15) is 18.4 Å². The summed E-state index contributed by atoms with van der Waals surface area (Å²) in [6, 6.07) is 6.86. The van der Waals surface area contributed by atoms with E-state index in [4.69, 9.17) is 20.9 Å². The fourth-order valence-electron chi connectivity index (χ4n) is 1.85. The molecule has 2 N–H and O–H groups in total. The highest BCUT2D eigenvalue weighted by Crippen LogP contribution is 2.24. The van der Waals surface area contributed by atoms with Gasteiger partial charge in [-0.15, -0.1) is 0 Å². The Morgan fingerprint density at radius 1 is 1.41 bits per heavy atom. The first-order valence-electron chi connectivity index (χ1n) is 6.86. The van der Waals surface area contributed by atoms with Gasteiger partial charge in [-0.25, -0.2) is 4.79 Å². The number of hydrogen-bond donors (Lipinski definition) is 2. The monoisotopic (exact) mass is 323 g/mol. The predicted octanol–water partition coefficient (Wildman–Crippen LogP) is 3.53. The van der Waals surface area contributed by atoms with Crippen molar-refractivity contribution in [2.45, 2.75) is 26.9 Å². The van der Waals surface area contributed by atoms with Gasteiger partial charge in [0.2, 0.25) is 0 Å². The Labute approximate surface area is 133 Å². The molecular weight excluding hydrogens is 306 g/mol. The van der Waals surface area contributed by atoms with Gasteiger partial charge in [-0.3, -0.25) is 0 Å². The number of ether oxygens (including phenoxy) is 1. The number of halogens is 1. The van der Waals surface area contributed by atoms with Gasteiger partial charge >= 0.3 is 6.03 Å². The lowest BCUT2D eigenvalue weighted by atomic mass is 10.3. The third kappa shape index (κ3) is 4.14. The summed E-state index contributed by atoms with van der Waals surface area (Å²) in [7, 11) is 0. The molecule has 7 heteroatoms. The molecule has 1 atom stereocenters. The van der Waals surface area contributed by atoms with Gasteiger partial charge < -0.3 is 19.9 Å². The molecule has 1 unspecified atom stereocenters. The standard InChI is InChI=1S/C15H18ClN3O3/c1-9(21-13-7-5-4-6-12(13)16)8-17-15(20)18-14-10(2)19-22-11(14)3/h4-7,9H,8H2,1-3H3,(H2,17,18,20). The van der Waals surface area contributed by atoms with Crippen LogP contribution >= 0.6 is 11.6 Å². The zero-order valence-electron chi connectivity index (χ0n) is 12.6. The highest BCUT2D eigenvalue weighted by atomic mass is 35.5. The highest BCUT2D eigenvalue weighted by Gasteiger charge is 2.13. The Kier molecular flexibility index (Phi) is 5.27. The number of amides is 2. The number of para-hydroxylation sites is 1. The topological polar surface area (TPSA) is 76.4 Å². The second kappa shape index (κ2) is 7.17. The number of urea groups is 1. The number of hydrogen-bond acceptors (Lipinski definition) is 4. The summed E-state index contributed by atoms with van der Waals surface area (Å²) in [6.45, 7) is 5.67. The van der Waals surface area contributed by atoms with Crippen molar-refractivity contribution in [2.24, 2.45) is 0 Å². The van der Waals surface area contributed by atoms with E-state index in [0.717, 1.165) is 0 Å². The van der Waals surface area contributed by atoms with E-state index in [2.05, 4.69) is 15.8 Å². The van der Waals surface area contributed by atoms with Crippen molar-refractivity contribution in [1.29, 1.82) is 0 Å². The van der Waals surface area contributed by atoms with Gasteiger partial charge in [-0.2, -0.15) is 0 Å². The number of carbonyl (C=O) groups is 1. The molecule has 0 aliphatic carbocycles. The summed E-state index contributed by atoms with van der Waals surface area (Å²) < 4.78 is 10.7. The van der Waals surface area contributed by atoms with Crippen molar-refractivity contribution in [3.05, 3.63) is 40.7 Å². The summed E-state index contributed by atoms with van der Waals surface area (Å²) in [6.07, 6.45) is -0.227. The number of nitrogens with one attached hydrogen (secondary N) is 2. The van der Waals surface area contributed by atoms with Crippen LogP contribution in [0.4, 0.5) is 10.5 Å². The van der Waals surface area contributed by atoms with Crippen molar-refractivity contribution in [2.75, 3.05) is 11.9 Å². The van der Waals surface area contributed by atoms with Crippen LogP contribution in [-0.2, 0) is 0 Å². The number of nitrogens with zero attached hydrogens (tertiary/aromatic N) is 1. The van der Waals surface area contributed by atoms with Gasteiger partial charge in [0.1, 0.15) is 23.2 Å². The first kappa shape index (κ1) is 16.2. The van der Waals surface area contributed by atoms with Gasteiger partial charge in [-0.1, -0.05) is 28.9 Å². The summed E-state index contributed by atoms with van der Waals surface area (Å²) in [5.74, 6) is 1.15. The molecule has 118 valence electrons. The lowest BCUT2D eigenvalue weighted by molar-refractivity contribution is 0.212. The minimum absolute atomic E-state index is 0.227. The molecule has 22 heavy (non-hydrogen) atoms. The van der Waals surface area contributed by atoms with E-state index in [9.17, 15) is 4.79 Å². The van der Waals surface area contributed by atoms with Crippen molar-refractivity contribution >= 4 is 23.3 Å². The van der Waals surface area contributed by atoms with Crippen molar-refractivity contribution < 1.29 is 14.1 Å². The number of rotatable bonds is 5. The minimum Gasteiger partial charge on any atom is -0.487 e. The SMILES string of the molecule is Cc1noc(C)c1NC(=O)NCC(C)Oc1ccccc1Cl. The molecule has 0 aliphatic rings. The number of aryl methyl sites for hydroxylation is 2. The van der Waals surface area contributed by atoms with E-state index in [-0.39, 0.29) is 12.1 Å². The third-order valence-electron chi connectivity index (χ3n) is 2.99. The molecule has 2 rings (SSSR count). The number of anilines is 1. The third-order valence-corrected chi connectivity index (χ3v) is 3.30. The van der Waals surface area contributed by atoms with Crippen LogP contribution in [0.5, 0.6) is 5.75 Å². The van der Waals surface area contributed by atoms with Crippen LogP contribution in [0.3, 0.4) is 0 Å². The van der Waals surface area contributed by atoms with Crippen LogP contribution in [0, 0.1) is 13.8 Å². The molecule has 2 amide bonds. The Balaban J connectivity index is 1.82. The van der Waals surface area contributed by atoms with Gasteiger partial charge in [0.25, 0.3) is 0 Å². The number of benzene rings is 1. The van der Waals surface area contributed by atoms with E-state index < -0.39 is 0 Å². The summed E-state index contributed by atoms with van der Waals surface area (Å²) in [4.78, 5) is 11.9. The maximum atomic E-state index is 11.9. The van der Waals surface area contributed by atoms with E-state index in [1.165, 1.54) is 0 Å². The summed E-state index contributed by atoms with van der Waals surface area (Å²) in [5.41, 5.74) is 1.21. The fraction of sp³-hybridized carbons (Fsp3) is 0.333. The molecule has 2 aromatic rings. The molecule has 1 heterocycles. The lowest BCUT2D eigenvalue weighted by Crippen LogP contribution is -2.36. The zero-order valence-corrected chi connectivity index (χ0v) is 13.4. The molecular formula is C15H18ClN3O3. The Morgan fingerprint density at radius 3 is 2.77 bits per heavy atom. The molecule has 1 aromatic carbocycles. The molecule has 0 aliphatic heterocycles. The van der Waals surface area contributed by atoms with Gasteiger partial charge in [-0.05, 0) is 32.9 Å². The average Bonchev–Trinajstić information content (AvgIpc) is 2.79. The first-order valence-corrected chi connectivity index (χ1v) is 7.24. The molecule has 0 fully saturated rings. The quantitative estimate of drug-likeness (QED) is 0.882. The van der Waals surface area contributed by atoms with Crippen molar-refractivity contribution in [1.82, 2.24) is 10.5 Å². The molecule has 0 spiro atoms. The smallest absolute Gasteiger partial charge is 0.319 e. The summed E-state index contributed by atoms with van der Waals surface area (Å²) >= 11 is 6.02. The van der Waals surface area contributed by atoms with E-state index >= 15 is 0 Å². The van der Waals surface area contributed by atoms with Crippen LogP contribution in [0.2, 0.25) is 5.02 Å². The maximum Gasteiger partial charge on any atom is 0.319 e. The van der Waals surface area contributed by atoms with Crippen molar-refractivity contribution in [3.63, 3.8) is 0 Å². The molecule has 0 radical (unpaired) electrons. The Morgan fingerprint density at radius 2 is 2.14 bits per heavy atom. The van der Waals surface area contributed by atoms with Crippen LogP contribution < -0.4 is 15.4 Å². The predicted molar refractivity (Wildman–Crippen MR) is 84.5 cm³/mol. The van der Waals surface area contributed by atoms with E-state index in [0.29, 0.717) is 34.5 Å². The Bertz CT molecular complexity index is 638. The minimum atomic E-state index is -0.344. The van der Waals surface area contributed by atoms with Crippen LogP contribution in [-0.4, -0.2) is 23.8 Å². The fourth-order valence-corrected chi connectivity index (χ4v) is 2.03. The molecule has 1 aromatic heterocycles. The zero-order chi connectivity index (χ0) is 16.1. The van der Waals surface area contributed by atoms with Crippen LogP contribution in [0.15, 0.2) is 28.8 Å². The van der Waals surface area contributed by atoms with Crippen molar-refractivity contribution in [3.8, 4) is 5.75 Å². The summed E-state index contributed by atoms with van der Waals surface area (Å²) in [5, 5.41) is 9.74. The van der Waals surface area contributed by atoms with E-state index in [1.807, 2.05) is 19.1 Å². The molecule has 0 bridgehead atoms. The highest BCUT2D eigenvalue weighted by molar-refractivity contribution is 6.32. The average molecular weight is 324 g/mol. The largest absolute Gasteiger partial charge is 0.487 e. The second-order valence-electron chi connectivity index (χ2n) is 4.89. The van der Waals surface area contributed by atoms with Crippen LogP contribution in [0.25, 0.3) is 0 Å². The normalized spacial score (nSPS) is 11.8. The van der Waals surface area contributed by atoms with Gasteiger partial charge in [0.15, 0.2) is 5.76 Å². The second-order valence-corrected chi connectivity index (χ2v) is 5.30. The Hall–Kier alpha value is -2.21. The first-order chi connectivity index (χ1) is 10.5. The number of aromatic nitrogens is 1.